The van der Waals surface area contributed by atoms with Crippen LogP contribution in [-0.4, -0.2) is 4.98 Å². The van der Waals surface area contributed by atoms with Gasteiger partial charge < -0.3 is 0 Å². The SMILES string of the molecule is Cc1cccnc1CC(Cl)c1ccc2ccccc2c1. The number of pyridine rings is 1. The Morgan fingerprint density at radius 1 is 1.00 bits per heavy atom. The third kappa shape index (κ3) is 2.68. The molecular formula is C18H16ClN. The lowest BCUT2D eigenvalue weighted by Crippen LogP contribution is -2.00. The van der Waals surface area contributed by atoms with Gasteiger partial charge in [-0.3, -0.25) is 4.98 Å². The number of aromatic nitrogens is 1. The van der Waals surface area contributed by atoms with Gasteiger partial charge in [0.1, 0.15) is 0 Å². The summed E-state index contributed by atoms with van der Waals surface area (Å²) in [5, 5.41) is 2.43. The molecule has 0 bridgehead atoms. The van der Waals surface area contributed by atoms with Crippen LogP contribution in [0.2, 0.25) is 0 Å². The van der Waals surface area contributed by atoms with Gasteiger partial charge in [-0.15, -0.1) is 11.6 Å². The van der Waals surface area contributed by atoms with Gasteiger partial charge in [-0.05, 0) is 41.0 Å². The minimum Gasteiger partial charge on any atom is -0.261 e. The lowest BCUT2D eigenvalue weighted by molar-refractivity contribution is 0.871. The fourth-order valence-corrected chi connectivity index (χ4v) is 2.70. The second-order valence-corrected chi connectivity index (χ2v) is 5.57. The summed E-state index contributed by atoms with van der Waals surface area (Å²) in [5.74, 6) is 0. The van der Waals surface area contributed by atoms with E-state index in [0.29, 0.717) is 0 Å². The van der Waals surface area contributed by atoms with Gasteiger partial charge in [0, 0.05) is 18.3 Å². The Labute approximate surface area is 124 Å². The smallest absolute Gasteiger partial charge is 0.0640 e. The summed E-state index contributed by atoms with van der Waals surface area (Å²) in [6.07, 6.45) is 2.58. The topological polar surface area (TPSA) is 12.9 Å². The molecule has 0 amide bonds. The highest BCUT2D eigenvalue weighted by Gasteiger charge is 2.11. The molecule has 0 saturated heterocycles. The first-order valence-electron chi connectivity index (χ1n) is 6.77. The zero-order chi connectivity index (χ0) is 13.9. The average molecular weight is 282 g/mol. The first-order valence-corrected chi connectivity index (χ1v) is 7.21. The molecule has 2 aromatic carbocycles. The molecule has 1 unspecified atom stereocenters. The summed E-state index contributed by atoms with van der Waals surface area (Å²) >= 11 is 6.57. The number of alkyl halides is 1. The van der Waals surface area contributed by atoms with Gasteiger partial charge in [-0.25, -0.2) is 0 Å². The zero-order valence-corrected chi connectivity index (χ0v) is 12.1. The van der Waals surface area contributed by atoms with Crippen LogP contribution >= 0.6 is 11.6 Å². The minimum atomic E-state index is -0.0480. The van der Waals surface area contributed by atoms with Crippen molar-refractivity contribution in [3.63, 3.8) is 0 Å². The number of nitrogens with zero attached hydrogens (tertiary/aromatic N) is 1. The van der Waals surface area contributed by atoms with Crippen molar-refractivity contribution in [2.75, 3.05) is 0 Å². The van der Waals surface area contributed by atoms with Crippen molar-refractivity contribution in [2.45, 2.75) is 18.7 Å². The van der Waals surface area contributed by atoms with E-state index in [4.69, 9.17) is 11.6 Å². The van der Waals surface area contributed by atoms with Gasteiger partial charge in [-0.1, -0.05) is 42.5 Å². The van der Waals surface area contributed by atoms with E-state index in [1.54, 1.807) is 0 Å². The van der Waals surface area contributed by atoms with E-state index in [1.165, 1.54) is 16.3 Å². The molecule has 0 radical (unpaired) electrons. The highest BCUT2D eigenvalue weighted by Crippen LogP contribution is 2.28. The maximum absolute atomic E-state index is 6.57. The summed E-state index contributed by atoms with van der Waals surface area (Å²) in [6.45, 7) is 2.08. The van der Waals surface area contributed by atoms with Crippen LogP contribution in [-0.2, 0) is 6.42 Å². The van der Waals surface area contributed by atoms with E-state index < -0.39 is 0 Å². The number of hydrogen-bond acceptors (Lipinski definition) is 1. The molecule has 2 heteroatoms. The largest absolute Gasteiger partial charge is 0.261 e. The maximum Gasteiger partial charge on any atom is 0.0640 e. The van der Waals surface area contributed by atoms with Crippen LogP contribution in [0.15, 0.2) is 60.8 Å². The zero-order valence-electron chi connectivity index (χ0n) is 11.4. The number of rotatable bonds is 3. The molecule has 20 heavy (non-hydrogen) atoms. The van der Waals surface area contributed by atoms with E-state index in [-0.39, 0.29) is 5.38 Å². The van der Waals surface area contributed by atoms with E-state index in [2.05, 4.69) is 60.4 Å². The van der Waals surface area contributed by atoms with Crippen LogP contribution in [0.3, 0.4) is 0 Å². The van der Waals surface area contributed by atoms with Gasteiger partial charge in [0.2, 0.25) is 0 Å². The normalized spacial score (nSPS) is 12.5. The highest BCUT2D eigenvalue weighted by molar-refractivity contribution is 6.21. The third-order valence-corrected chi connectivity index (χ3v) is 4.03. The first kappa shape index (κ1) is 13.1. The predicted octanol–water partition coefficient (Wildman–Crippen LogP) is 5.07. The molecule has 0 saturated carbocycles. The Balaban J connectivity index is 1.89. The lowest BCUT2D eigenvalue weighted by Gasteiger charge is -2.12. The van der Waals surface area contributed by atoms with E-state index >= 15 is 0 Å². The standard InChI is InChI=1S/C18H16ClN/c1-13-5-4-10-20-18(13)12-17(19)16-9-8-14-6-2-3-7-15(14)11-16/h2-11,17H,12H2,1H3. The Hall–Kier alpha value is -1.86. The van der Waals surface area contributed by atoms with Crippen molar-refractivity contribution in [1.82, 2.24) is 4.98 Å². The number of fused-ring (bicyclic) bond motifs is 1. The molecule has 0 spiro atoms. The molecule has 0 aliphatic heterocycles. The van der Waals surface area contributed by atoms with Crippen molar-refractivity contribution in [3.05, 3.63) is 77.6 Å². The van der Waals surface area contributed by atoms with Crippen molar-refractivity contribution in [3.8, 4) is 0 Å². The fourth-order valence-electron chi connectivity index (χ4n) is 2.42. The molecule has 1 nitrogen and oxygen atoms in total. The summed E-state index contributed by atoms with van der Waals surface area (Å²) in [5.41, 5.74) is 3.41. The molecule has 0 N–H and O–H groups in total. The molecule has 0 aliphatic rings. The van der Waals surface area contributed by atoms with Gasteiger partial charge >= 0.3 is 0 Å². The Kier molecular flexibility index (Phi) is 3.70. The van der Waals surface area contributed by atoms with Crippen LogP contribution < -0.4 is 0 Å². The van der Waals surface area contributed by atoms with Crippen LogP contribution in [0.5, 0.6) is 0 Å². The fraction of sp³-hybridized carbons (Fsp3) is 0.167. The molecule has 3 rings (SSSR count). The predicted molar refractivity (Wildman–Crippen MR) is 85.2 cm³/mol. The summed E-state index contributed by atoms with van der Waals surface area (Å²) in [4.78, 5) is 4.42. The second-order valence-electron chi connectivity index (χ2n) is 5.05. The van der Waals surface area contributed by atoms with Crippen LogP contribution in [0.25, 0.3) is 10.8 Å². The number of hydrogen-bond donors (Lipinski definition) is 0. The van der Waals surface area contributed by atoms with E-state index in [1.807, 2.05) is 12.3 Å². The second kappa shape index (κ2) is 5.64. The van der Waals surface area contributed by atoms with Gasteiger partial charge in [-0.2, -0.15) is 0 Å². The number of aryl methyl sites for hydroxylation is 1. The third-order valence-electron chi connectivity index (χ3n) is 3.63. The molecule has 3 aromatic rings. The monoisotopic (exact) mass is 281 g/mol. The van der Waals surface area contributed by atoms with Crippen LogP contribution in [0, 0.1) is 6.92 Å². The summed E-state index contributed by atoms with van der Waals surface area (Å²) in [6, 6.07) is 18.8. The van der Waals surface area contributed by atoms with Crippen molar-refractivity contribution in [2.24, 2.45) is 0 Å². The van der Waals surface area contributed by atoms with E-state index in [9.17, 15) is 0 Å². The van der Waals surface area contributed by atoms with E-state index in [0.717, 1.165) is 17.7 Å². The average Bonchev–Trinajstić information content (AvgIpc) is 2.49. The van der Waals surface area contributed by atoms with Crippen LogP contribution in [0.1, 0.15) is 22.2 Å². The molecule has 1 atom stereocenters. The van der Waals surface area contributed by atoms with Crippen molar-refractivity contribution < 1.29 is 0 Å². The van der Waals surface area contributed by atoms with Gasteiger partial charge in [0.25, 0.3) is 0 Å². The molecule has 0 fully saturated rings. The molecular weight excluding hydrogens is 266 g/mol. The van der Waals surface area contributed by atoms with Gasteiger partial charge in [0.15, 0.2) is 0 Å². The van der Waals surface area contributed by atoms with Gasteiger partial charge in [0.05, 0.1) is 5.38 Å². The molecule has 0 aliphatic carbocycles. The Bertz CT molecular complexity index is 736. The molecule has 100 valence electrons. The van der Waals surface area contributed by atoms with Crippen molar-refractivity contribution >= 4 is 22.4 Å². The molecule has 1 aromatic heterocycles. The summed E-state index contributed by atoms with van der Waals surface area (Å²) in [7, 11) is 0. The quantitative estimate of drug-likeness (QED) is 0.611. The Morgan fingerprint density at radius 2 is 1.80 bits per heavy atom. The maximum atomic E-state index is 6.57. The summed E-state index contributed by atoms with van der Waals surface area (Å²) < 4.78 is 0. The first-order chi connectivity index (χ1) is 9.74. The minimum absolute atomic E-state index is 0.0480. The number of halogens is 1. The van der Waals surface area contributed by atoms with Crippen LogP contribution in [0.4, 0.5) is 0 Å². The Morgan fingerprint density at radius 3 is 2.60 bits per heavy atom. The lowest BCUT2D eigenvalue weighted by atomic mass is 10.0. The number of benzene rings is 2. The highest BCUT2D eigenvalue weighted by atomic mass is 35.5. The van der Waals surface area contributed by atoms with Crippen molar-refractivity contribution in [1.29, 1.82) is 0 Å². The molecule has 1 heterocycles.